The summed E-state index contributed by atoms with van der Waals surface area (Å²) < 4.78 is 1.53. The normalized spacial score (nSPS) is 11.8. The molecule has 0 bridgehead atoms. The van der Waals surface area contributed by atoms with Crippen LogP contribution in [0.5, 0.6) is 0 Å². The molecule has 98 valence electrons. The van der Waals surface area contributed by atoms with Crippen molar-refractivity contribution in [2.24, 2.45) is 7.05 Å². The molecule has 2 N–H and O–H groups in total. The van der Waals surface area contributed by atoms with E-state index in [1.54, 1.807) is 43.6 Å². The van der Waals surface area contributed by atoms with Crippen LogP contribution in [0.2, 0.25) is 0 Å². The number of benzene rings is 1. The average molecular weight is 259 g/mol. The third kappa shape index (κ3) is 2.79. The molecule has 0 aliphatic rings. The zero-order valence-electron chi connectivity index (χ0n) is 10.3. The van der Waals surface area contributed by atoms with Crippen LogP contribution < -0.4 is 5.32 Å². The van der Waals surface area contributed by atoms with E-state index in [-0.39, 0.29) is 5.82 Å². The van der Waals surface area contributed by atoms with Gasteiger partial charge in [0, 0.05) is 19.4 Å². The molecular formula is C13H13N3O3. The van der Waals surface area contributed by atoms with Crippen LogP contribution in [0.1, 0.15) is 22.2 Å². The van der Waals surface area contributed by atoms with Gasteiger partial charge in [-0.2, -0.15) is 0 Å². The number of hydrogen-bond donors (Lipinski definition) is 2. The molecular weight excluding hydrogens is 246 g/mol. The Labute approximate surface area is 109 Å². The van der Waals surface area contributed by atoms with Gasteiger partial charge in [-0.3, -0.25) is 4.79 Å². The van der Waals surface area contributed by atoms with Crippen LogP contribution in [0.25, 0.3) is 0 Å². The van der Waals surface area contributed by atoms with E-state index in [0.29, 0.717) is 5.56 Å². The van der Waals surface area contributed by atoms with E-state index < -0.39 is 17.9 Å². The Morgan fingerprint density at radius 1 is 1.32 bits per heavy atom. The molecule has 0 saturated heterocycles. The summed E-state index contributed by atoms with van der Waals surface area (Å²) in [6, 6.07) is 7.43. The second-order valence-corrected chi connectivity index (χ2v) is 4.02. The predicted octanol–water partition coefficient (Wildman–Crippen LogP) is 0.976. The maximum Gasteiger partial charge on any atom is 0.330 e. The Balaban J connectivity index is 2.21. The molecule has 1 aromatic heterocycles. The number of hydrogen-bond acceptors (Lipinski definition) is 3. The lowest BCUT2D eigenvalue weighted by molar-refractivity contribution is -0.139. The van der Waals surface area contributed by atoms with Gasteiger partial charge < -0.3 is 15.0 Å². The second kappa shape index (κ2) is 5.34. The first-order valence-electron chi connectivity index (χ1n) is 5.65. The van der Waals surface area contributed by atoms with E-state index in [9.17, 15) is 14.7 Å². The Kier molecular flexibility index (Phi) is 3.61. The molecule has 6 nitrogen and oxygen atoms in total. The quantitative estimate of drug-likeness (QED) is 0.857. The number of carbonyl (C=O) groups excluding carboxylic acids is 1. The molecule has 0 aliphatic heterocycles. The zero-order valence-corrected chi connectivity index (χ0v) is 10.3. The fraction of sp³-hybridized carbons (Fsp3) is 0.154. The first-order valence-corrected chi connectivity index (χ1v) is 5.65. The molecule has 0 saturated carbocycles. The average Bonchev–Trinajstić information content (AvgIpc) is 2.82. The highest BCUT2D eigenvalue weighted by atomic mass is 16.4. The van der Waals surface area contributed by atoms with Crippen molar-refractivity contribution in [1.29, 1.82) is 0 Å². The number of aliphatic carboxylic acids is 1. The molecule has 19 heavy (non-hydrogen) atoms. The highest BCUT2D eigenvalue weighted by Gasteiger charge is 2.23. The fourth-order valence-corrected chi connectivity index (χ4v) is 1.71. The van der Waals surface area contributed by atoms with Gasteiger partial charge in [0.1, 0.15) is 0 Å². The van der Waals surface area contributed by atoms with Crippen LogP contribution >= 0.6 is 0 Å². The third-order valence-corrected chi connectivity index (χ3v) is 2.68. The van der Waals surface area contributed by atoms with Crippen molar-refractivity contribution in [1.82, 2.24) is 14.9 Å². The molecule has 1 heterocycles. The first-order chi connectivity index (χ1) is 9.09. The van der Waals surface area contributed by atoms with Gasteiger partial charge in [-0.1, -0.05) is 30.3 Å². The molecule has 1 atom stereocenters. The second-order valence-electron chi connectivity index (χ2n) is 4.02. The van der Waals surface area contributed by atoms with E-state index in [0.717, 1.165) is 0 Å². The van der Waals surface area contributed by atoms with Crippen LogP contribution in [0, 0.1) is 0 Å². The summed E-state index contributed by atoms with van der Waals surface area (Å²) in [5, 5.41) is 11.7. The molecule has 0 fully saturated rings. The number of carboxylic acids is 1. The Morgan fingerprint density at radius 2 is 2.00 bits per heavy atom. The largest absolute Gasteiger partial charge is 0.479 e. The summed E-state index contributed by atoms with van der Waals surface area (Å²) in [5.41, 5.74) is 0.512. The molecule has 0 spiro atoms. The SMILES string of the molecule is Cn1ccnc1C(=O)NC(C(=O)O)c1ccccc1. The molecule has 1 amide bonds. The van der Waals surface area contributed by atoms with Crippen molar-refractivity contribution in [2.75, 3.05) is 0 Å². The molecule has 0 radical (unpaired) electrons. The predicted molar refractivity (Wildman–Crippen MR) is 67.5 cm³/mol. The molecule has 2 aromatic rings. The molecule has 1 unspecified atom stereocenters. The Morgan fingerprint density at radius 3 is 2.53 bits per heavy atom. The fourth-order valence-electron chi connectivity index (χ4n) is 1.71. The van der Waals surface area contributed by atoms with Crippen LogP contribution in [-0.2, 0) is 11.8 Å². The number of rotatable bonds is 4. The van der Waals surface area contributed by atoms with Gasteiger partial charge in [-0.15, -0.1) is 0 Å². The zero-order chi connectivity index (χ0) is 13.8. The van der Waals surface area contributed by atoms with Crippen molar-refractivity contribution < 1.29 is 14.7 Å². The molecule has 1 aromatic carbocycles. The monoisotopic (exact) mass is 259 g/mol. The van der Waals surface area contributed by atoms with E-state index in [1.165, 1.54) is 10.8 Å². The first kappa shape index (κ1) is 12.8. The van der Waals surface area contributed by atoms with Crippen molar-refractivity contribution in [3.63, 3.8) is 0 Å². The number of carboxylic acid groups (broad SMARTS) is 1. The van der Waals surface area contributed by atoms with E-state index in [1.807, 2.05) is 0 Å². The Hall–Kier alpha value is -2.63. The molecule has 0 aliphatic carbocycles. The number of nitrogens with zero attached hydrogens (tertiary/aromatic N) is 2. The molecule has 2 rings (SSSR count). The highest BCUT2D eigenvalue weighted by molar-refractivity contribution is 5.94. The minimum Gasteiger partial charge on any atom is -0.479 e. The van der Waals surface area contributed by atoms with Gasteiger partial charge in [0.15, 0.2) is 11.9 Å². The van der Waals surface area contributed by atoms with Gasteiger partial charge in [0.25, 0.3) is 5.91 Å². The summed E-state index contributed by atoms with van der Waals surface area (Å²) in [6.45, 7) is 0. The van der Waals surface area contributed by atoms with E-state index in [2.05, 4.69) is 10.3 Å². The number of aryl methyl sites for hydroxylation is 1. The Bertz CT molecular complexity index is 592. The summed E-state index contributed by atoms with van der Waals surface area (Å²) >= 11 is 0. The molecule has 6 heteroatoms. The number of imidazole rings is 1. The van der Waals surface area contributed by atoms with Gasteiger partial charge in [-0.25, -0.2) is 9.78 Å². The lowest BCUT2D eigenvalue weighted by atomic mass is 10.1. The minimum absolute atomic E-state index is 0.169. The minimum atomic E-state index is -1.12. The smallest absolute Gasteiger partial charge is 0.330 e. The summed E-state index contributed by atoms with van der Waals surface area (Å²) in [4.78, 5) is 27.1. The van der Waals surface area contributed by atoms with Crippen molar-refractivity contribution in [2.45, 2.75) is 6.04 Å². The highest BCUT2D eigenvalue weighted by Crippen LogP contribution is 2.13. The summed E-state index contributed by atoms with van der Waals surface area (Å²) in [7, 11) is 1.67. The van der Waals surface area contributed by atoms with Gasteiger partial charge >= 0.3 is 5.97 Å². The number of aromatic nitrogens is 2. The number of carbonyl (C=O) groups is 2. The van der Waals surface area contributed by atoms with Gasteiger partial charge in [-0.05, 0) is 5.56 Å². The van der Waals surface area contributed by atoms with Crippen LogP contribution in [0.4, 0.5) is 0 Å². The topological polar surface area (TPSA) is 84.2 Å². The maximum atomic E-state index is 12.0. The van der Waals surface area contributed by atoms with Crippen LogP contribution in [-0.4, -0.2) is 26.5 Å². The maximum absolute atomic E-state index is 12.0. The number of nitrogens with one attached hydrogen (secondary N) is 1. The van der Waals surface area contributed by atoms with E-state index >= 15 is 0 Å². The van der Waals surface area contributed by atoms with Crippen LogP contribution in [0.15, 0.2) is 42.7 Å². The van der Waals surface area contributed by atoms with Crippen molar-refractivity contribution >= 4 is 11.9 Å². The van der Waals surface area contributed by atoms with Crippen molar-refractivity contribution in [3.8, 4) is 0 Å². The number of amides is 1. The van der Waals surface area contributed by atoms with Crippen molar-refractivity contribution in [3.05, 3.63) is 54.1 Å². The standard InChI is InChI=1S/C13H13N3O3/c1-16-8-7-14-11(16)12(17)15-10(13(18)19)9-5-3-2-4-6-9/h2-8,10H,1H3,(H,15,17)(H,18,19). The van der Waals surface area contributed by atoms with Crippen LogP contribution in [0.3, 0.4) is 0 Å². The lowest BCUT2D eigenvalue weighted by Gasteiger charge is -2.14. The third-order valence-electron chi connectivity index (χ3n) is 2.68. The summed E-state index contributed by atoms with van der Waals surface area (Å²) in [5.74, 6) is -1.47. The summed E-state index contributed by atoms with van der Waals surface area (Å²) in [6.07, 6.45) is 3.10. The van der Waals surface area contributed by atoms with Gasteiger partial charge in [0.2, 0.25) is 0 Å². The lowest BCUT2D eigenvalue weighted by Crippen LogP contribution is -2.35. The van der Waals surface area contributed by atoms with E-state index in [4.69, 9.17) is 0 Å². The van der Waals surface area contributed by atoms with Gasteiger partial charge in [0.05, 0.1) is 0 Å².